The third-order valence-electron chi connectivity index (χ3n) is 1.16. The van der Waals surface area contributed by atoms with E-state index in [1.165, 1.54) is 0 Å². The van der Waals surface area contributed by atoms with Crippen molar-refractivity contribution in [2.75, 3.05) is 26.7 Å². The van der Waals surface area contributed by atoms with E-state index in [-0.39, 0.29) is 5.97 Å². The van der Waals surface area contributed by atoms with Gasteiger partial charge in [0, 0.05) is 11.5 Å². The molecule has 0 bridgehead atoms. The zero-order valence-electron chi connectivity index (χ0n) is 7.63. The molecule has 0 spiro atoms. The molecule has 0 aliphatic heterocycles. The summed E-state index contributed by atoms with van der Waals surface area (Å²) in [5, 5.41) is 0. The van der Waals surface area contributed by atoms with E-state index in [1.807, 2.05) is 14.1 Å². The molecule has 0 fully saturated rings. The van der Waals surface area contributed by atoms with Crippen LogP contribution in [0.5, 0.6) is 0 Å². The number of hydrogen-bond donors (Lipinski definition) is 0. The first-order chi connectivity index (χ1) is 5.57. The van der Waals surface area contributed by atoms with Crippen molar-refractivity contribution in [2.24, 2.45) is 0 Å². The molecule has 70 valence electrons. The topological polar surface area (TPSA) is 29.5 Å². The molecule has 0 saturated heterocycles. The minimum absolute atomic E-state index is 0.298. The van der Waals surface area contributed by atoms with E-state index in [4.69, 9.17) is 16.3 Å². The van der Waals surface area contributed by atoms with Crippen molar-refractivity contribution in [3.05, 3.63) is 11.6 Å². The average molecular weight is 192 g/mol. The number of nitrogens with zero attached hydrogens (tertiary/aromatic N) is 1. The van der Waals surface area contributed by atoms with Gasteiger partial charge < -0.3 is 4.74 Å². The molecule has 0 aliphatic rings. The summed E-state index contributed by atoms with van der Waals surface area (Å²) >= 11 is 5.41. The minimum atomic E-state index is -0.315. The highest BCUT2D eigenvalue weighted by molar-refractivity contribution is 6.19. The second-order valence-electron chi connectivity index (χ2n) is 2.68. The maximum atomic E-state index is 11.1. The molecule has 0 N–H and O–H groups in total. The van der Waals surface area contributed by atoms with Crippen LogP contribution in [0.4, 0.5) is 0 Å². The number of alkyl halides is 1. The average Bonchev–Trinajstić information content (AvgIpc) is 2.00. The fraction of sp³-hybridized carbons (Fsp3) is 0.625. The summed E-state index contributed by atoms with van der Waals surface area (Å²) in [5.74, 6) is 0.0208. The molecule has 0 unspecified atom stereocenters. The van der Waals surface area contributed by atoms with Crippen molar-refractivity contribution in [2.45, 2.75) is 6.92 Å². The monoisotopic (exact) mass is 191 g/mol. The number of carbonyl (C=O) groups excluding carboxylic acids is 1. The highest BCUT2D eigenvalue weighted by Crippen LogP contribution is 1.97. The molecule has 0 saturated carbocycles. The van der Waals surface area contributed by atoms with Crippen LogP contribution in [0, 0.1) is 0 Å². The summed E-state index contributed by atoms with van der Waals surface area (Å²) in [6.45, 7) is 1.98. The largest absolute Gasteiger partial charge is 0.446 e. The van der Waals surface area contributed by atoms with Gasteiger partial charge in [-0.15, -0.1) is 11.6 Å². The van der Waals surface area contributed by atoms with Crippen LogP contribution in [0.25, 0.3) is 0 Å². The Balaban J connectivity index is 3.80. The van der Waals surface area contributed by atoms with Gasteiger partial charge in [0.15, 0.2) is 0 Å². The number of allylic oxidation sites excluding steroid dienone is 1. The van der Waals surface area contributed by atoms with E-state index in [0.29, 0.717) is 18.2 Å². The first-order valence-electron chi connectivity index (χ1n) is 3.62. The molecule has 4 heteroatoms. The summed E-state index contributed by atoms with van der Waals surface area (Å²) in [6.07, 6.45) is 1.62. The maximum absolute atomic E-state index is 11.1. The Labute approximate surface area is 77.9 Å². The van der Waals surface area contributed by atoms with Crippen LogP contribution in [0.1, 0.15) is 6.92 Å². The van der Waals surface area contributed by atoms with Crippen LogP contribution < -0.4 is 0 Å². The van der Waals surface area contributed by atoms with Gasteiger partial charge in [-0.3, -0.25) is 4.90 Å². The normalized spacial score (nSPS) is 11.9. The predicted molar refractivity (Wildman–Crippen MR) is 49.1 cm³/mol. The van der Waals surface area contributed by atoms with E-state index in [1.54, 1.807) is 17.9 Å². The molecule has 3 nitrogen and oxygen atoms in total. The summed E-state index contributed by atoms with van der Waals surface area (Å²) in [4.78, 5) is 12.8. The second-order valence-corrected chi connectivity index (χ2v) is 2.99. The Kier molecular flexibility index (Phi) is 5.76. The summed E-state index contributed by atoms with van der Waals surface area (Å²) in [6, 6.07) is 0. The highest BCUT2D eigenvalue weighted by atomic mass is 35.5. The first-order valence-corrected chi connectivity index (χ1v) is 4.16. The van der Waals surface area contributed by atoms with Crippen LogP contribution in [-0.4, -0.2) is 37.6 Å². The van der Waals surface area contributed by atoms with Gasteiger partial charge >= 0.3 is 5.97 Å². The Bertz CT molecular complexity index is 178. The lowest BCUT2D eigenvalue weighted by Gasteiger charge is -2.09. The second kappa shape index (κ2) is 6.03. The number of ether oxygens (including phenoxy) is 1. The van der Waals surface area contributed by atoms with E-state index >= 15 is 0 Å². The molecule has 0 rings (SSSR count). The lowest BCUT2D eigenvalue weighted by atomic mass is 10.3. The molecule has 0 heterocycles. The summed E-state index contributed by atoms with van der Waals surface area (Å²) < 4.78 is 4.88. The van der Waals surface area contributed by atoms with Gasteiger partial charge in [-0.1, -0.05) is 6.08 Å². The van der Waals surface area contributed by atoms with Crippen molar-refractivity contribution >= 4 is 17.6 Å². The Morgan fingerprint density at radius 1 is 1.58 bits per heavy atom. The fourth-order valence-corrected chi connectivity index (χ4v) is 0.732. The van der Waals surface area contributed by atoms with Gasteiger partial charge in [-0.05, 0) is 21.0 Å². The number of halogens is 1. The minimum Gasteiger partial charge on any atom is -0.446 e. The fourth-order valence-electron chi connectivity index (χ4n) is 0.501. The third kappa shape index (κ3) is 5.16. The van der Waals surface area contributed by atoms with Crippen LogP contribution in [0.15, 0.2) is 11.6 Å². The molecule has 0 amide bonds. The molecule has 0 aromatic rings. The van der Waals surface area contributed by atoms with Gasteiger partial charge in [-0.25, -0.2) is 4.79 Å². The van der Waals surface area contributed by atoms with Gasteiger partial charge in [0.2, 0.25) is 0 Å². The standard InChI is InChI=1S/C8H14ClNO2/c1-7(4-5-9)8(11)12-6-10(2)3/h4H,5-6H2,1-3H3. The lowest BCUT2D eigenvalue weighted by molar-refractivity contribution is -0.142. The lowest BCUT2D eigenvalue weighted by Crippen LogP contribution is -2.19. The molecular formula is C8H14ClNO2. The van der Waals surface area contributed by atoms with Crippen LogP contribution in [0.3, 0.4) is 0 Å². The first kappa shape index (κ1) is 11.5. The molecule has 0 aromatic heterocycles. The quantitative estimate of drug-likeness (QED) is 0.290. The van der Waals surface area contributed by atoms with Crippen LogP contribution in [0.2, 0.25) is 0 Å². The van der Waals surface area contributed by atoms with Crippen molar-refractivity contribution in [3.8, 4) is 0 Å². The number of esters is 1. The SMILES string of the molecule is CC(=CCCl)C(=O)OCN(C)C. The molecule has 0 atom stereocenters. The molecule has 12 heavy (non-hydrogen) atoms. The number of carbonyl (C=O) groups is 1. The van der Waals surface area contributed by atoms with Gasteiger partial charge in [-0.2, -0.15) is 0 Å². The molecule has 0 radical (unpaired) electrons. The van der Waals surface area contributed by atoms with Crippen LogP contribution >= 0.6 is 11.6 Å². The number of hydrogen-bond acceptors (Lipinski definition) is 3. The molecular weight excluding hydrogens is 178 g/mol. The predicted octanol–water partition coefficient (Wildman–Crippen LogP) is 1.23. The Hall–Kier alpha value is -0.540. The van der Waals surface area contributed by atoms with E-state index in [0.717, 1.165) is 0 Å². The van der Waals surface area contributed by atoms with Gasteiger partial charge in [0.05, 0.1) is 0 Å². The van der Waals surface area contributed by atoms with Crippen molar-refractivity contribution < 1.29 is 9.53 Å². The zero-order chi connectivity index (χ0) is 9.56. The Morgan fingerprint density at radius 3 is 2.58 bits per heavy atom. The smallest absolute Gasteiger partial charge is 0.334 e. The Morgan fingerprint density at radius 2 is 2.17 bits per heavy atom. The van der Waals surface area contributed by atoms with E-state index in [2.05, 4.69) is 0 Å². The zero-order valence-corrected chi connectivity index (χ0v) is 8.39. The molecule has 0 aromatic carbocycles. The van der Waals surface area contributed by atoms with Crippen LogP contribution in [-0.2, 0) is 9.53 Å². The van der Waals surface area contributed by atoms with Crippen molar-refractivity contribution in [1.82, 2.24) is 4.90 Å². The van der Waals surface area contributed by atoms with Gasteiger partial charge in [0.25, 0.3) is 0 Å². The van der Waals surface area contributed by atoms with Crippen molar-refractivity contribution in [1.29, 1.82) is 0 Å². The summed E-state index contributed by atoms with van der Waals surface area (Å²) in [7, 11) is 3.65. The third-order valence-corrected chi connectivity index (χ3v) is 1.31. The highest BCUT2D eigenvalue weighted by Gasteiger charge is 2.04. The molecule has 0 aliphatic carbocycles. The van der Waals surface area contributed by atoms with Gasteiger partial charge in [0.1, 0.15) is 6.73 Å². The number of rotatable bonds is 4. The van der Waals surface area contributed by atoms with Crippen molar-refractivity contribution in [3.63, 3.8) is 0 Å². The summed E-state index contributed by atoms with van der Waals surface area (Å²) in [5.41, 5.74) is 0.548. The van der Waals surface area contributed by atoms with E-state index < -0.39 is 0 Å². The van der Waals surface area contributed by atoms with E-state index in [9.17, 15) is 4.79 Å². The maximum Gasteiger partial charge on any atom is 0.334 e.